The molecule has 0 spiro atoms. The van der Waals surface area contributed by atoms with Gasteiger partial charge in [0.1, 0.15) is 5.75 Å². The van der Waals surface area contributed by atoms with Gasteiger partial charge in [0, 0.05) is 6.54 Å². The SMILES string of the molecule is CCOc1cccc(C(c2ccccc2C)N2CCCC(C(=O)O)C2)c1. The van der Waals surface area contributed by atoms with Crippen LogP contribution >= 0.6 is 0 Å². The molecule has 26 heavy (non-hydrogen) atoms. The summed E-state index contributed by atoms with van der Waals surface area (Å²) in [6.45, 7) is 6.21. The number of rotatable bonds is 6. The van der Waals surface area contributed by atoms with E-state index >= 15 is 0 Å². The predicted molar refractivity (Wildman–Crippen MR) is 103 cm³/mol. The van der Waals surface area contributed by atoms with E-state index in [-0.39, 0.29) is 12.0 Å². The number of hydrogen-bond acceptors (Lipinski definition) is 3. The first-order valence-corrected chi connectivity index (χ1v) is 9.35. The third-order valence-corrected chi connectivity index (χ3v) is 5.14. The molecular weight excluding hydrogens is 326 g/mol. The number of carboxylic acid groups (broad SMARTS) is 1. The third kappa shape index (κ3) is 4.07. The van der Waals surface area contributed by atoms with Crippen molar-refractivity contribution in [1.82, 2.24) is 4.90 Å². The second-order valence-electron chi connectivity index (χ2n) is 6.94. The van der Waals surface area contributed by atoms with Crippen molar-refractivity contribution in [3.05, 3.63) is 65.2 Å². The summed E-state index contributed by atoms with van der Waals surface area (Å²) in [4.78, 5) is 13.9. The lowest BCUT2D eigenvalue weighted by Crippen LogP contribution is -2.41. The molecule has 1 aliphatic heterocycles. The van der Waals surface area contributed by atoms with Gasteiger partial charge in [-0.05, 0) is 62.1 Å². The summed E-state index contributed by atoms with van der Waals surface area (Å²) in [6, 6.07) is 16.6. The molecule has 3 rings (SSSR count). The highest BCUT2D eigenvalue weighted by Gasteiger charge is 2.31. The Bertz CT molecular complexity index is 759. The van der Waals surface area contributed by atoms with Crippen LogP contribution < -0.4 is 4.74 Å². The molecule has 2 unspecified atom stereocenters. The van der Waals surface area contributed by atoms with Crippen LogP contribution in [0.25, 0.3) is 0 Å². The zero-order valence-corrected chi connectivity index (χ0v) is 15.5. The number of nitrogens with zero attached hydrogens (tertiary/aromatic N) is 1. The van der Waals surface area contributed by atoms with Gasteiger partial charge in [-0.2, -0.15) is 0 Å². The van der Waals surface area contributed by atoms with E-state index < -0.39 is 5.97 Å². The van der Waals surface area contributed by atoms with Gasteiger partial charge in [-0.15, -0.1) is 0 Å². The fourth-order valence-electron chi connectivity index (χ4n) is 3.86. The van der Waals surface area contributed by atoms with Gasteiger partial charge in [-0.3, -0.25) is 9.69 Å². The molecule has 2 atom stereocenters. The van der Waals surface area contributed by atoms with Crippen LogP contribution in [0.1, 0.15) is 42.5 Å². The van der Waals surface area contributed by atoms with Crippen LogP contribution in [0.4, 0.5) is 0 Å². The van der Waals surface area contributed by atoms with Crippen LogP contribution in [0, 0.1) is 12.8 Å². The number of ether oxygens (including phenoxy) is 1. The number of carboxylic acids is 1. The Hall–Kier alpha value is -2.33. The maximum atomic E-state index is 11.6. The van der Waals surface area contributed by atoms with Crippen molar-refractivity contribution in [2.75, 3.05) is 19.7 Å². The van der Waals surface area contributed by atoms with Crippen molar-refractivity contribution < 1.29 is 14.6 Å². The quantitative estimate of drug-likeness (QED) is 0.842. The summed E-state index contributed by atoms with van der Waals surface area (Å²) in [5, 5.41) is 9.50. The Morgan fingerprint density at radius 3 is 2.81 bits per heavy atom. The largest absolute Gasteiger partial charge is 0.494 e. The minimum absolute atomic E-state index is 0.0405. The number of piperidine rings is 1. The van der Waals surface area contributed by atoms with Gasteiger partial charge in [0.15, 0.2) is 0 Å². The highest BCUT2D eigenvalue weighted by Crippen LogP contribution is 2.35. The zero-order chi connectivity index (χ0) is 18.5. The lowest BCUT2D eigenvalue weighted by molar-refractivity contribution is -0.143. The van der Waals surface area contributed by atoms with Crippen LogP contribution in [0.5, 0.6) is 5.75 Å². The molecule has 0 saturated carbocycles. The van der Waals surface area contributed by atoms with Gasteiger partial charge >= 0.3 is 5.97 Å². The molecule has 1 N–H and O–H groups in total. The van der Waals surface area contributed by atoms with E-state index in [1.165, 1.54) is 11.1 Å². The van der Waals surface area contributed by atoms with E-state index in [2.05, 4.69) is 42.2 Å². The molecule has 1 saturated heterocycles. The molecule has 4 nitrogen and oxygen atoms in total. The normalized spacial score (nSPS) is 19.1. The van der Waals surface area contributed by atoms with E-state index in [1.54, 1.807) is 0 Å². The first-order chi connectivity index (χ1) is 12.6. The molecule has 1 aliphatic rings. The van der Waals surface area contributed by atoms with Crippen molar-refractivity contribution in [3.8, 4) is 5.75 Å². The number of aryl methyl sites for hydroxylation is 1. The number of hydrogen-bond donors (Lipinski definition) is 1. The van der Waals surface area contributed by atoms with Gasteiger partial charge in [-0.1, -0.05) is 36.4 Å². The number of carbonyl (C=O) groups is 1. The Labute approximate surface area is 155 Å². The second-order valence-corrected chi connectivity index (χ2v) is 6.94. The lowest BCUT2D eigenvalue weighted by atomic mass is 9.89. The Balaban J connectivity index is 2.01. The minimum atomic E-state index is -0.693. The number of benzene rings is 2. The van der Waals surface area contributed by atoms with Crippen molar-refractivity contribution in [3.63, 3.8) is 0 Å². The average Bonchev–Trinajstić information content (AvgIpc) is 2.64. The van der Waals surface area contributed by atoms with Crippen molar-refractivity contribution in [1.29, 1.82) is 0 Å². The Kier molecular flexibility index (Phi) is 5.94. The molecule has 0 aromatic heterocycles. The highest BCUT2D eigenvalue weighted by atomic mass is 16.5. The predicted octanol–water partition coefficient (Wildman–Crippen LogP) is 4.28. The van der Waals surface area contributed by atoms with Crippen molar-refractivity contribution in [2.24, 2.45) is 5.92 Å². The molecule has 0 bridgehead atoms. The maximum absolute atomic E-state index is 11.6. The van der Waals surface area contributed by atoms with Gasteiger partial charge in [-0.25, -0.2) is 0 Å². The average molecular weight is 353 g/mol. The van der Waals surface area contributed by atoms with E-state index in [4.69, 9.17) is 4.74 Å². The van der Waals surface area contributed by atoms with Crippen LogP contribution in [0.3, 0.4) is 0 Å². The van der Waals surface area contributed by atoms with E-state index in [0.717, 1.165) is 30.7 Å². The lowest BCUT2D eigenvalue weighted by Gasteiger charge is -2.38. The molecule has 0 radical (unpaired) electrons. The molecule has 0 amide bonds. The van der Waals surface area contributed by atoms with E-state index in [1.807, 2.05) is 25.1 Å². The number of aliphatic carboxylic acids is 1. The Morgan fingerprint density at radius 1 is 1.27 bits per heavy atom. The smallest absolute Gasteiger partial charge is 0.307 e. The first kappa shape index (κ1) is 18.5. The molecule has 1 fully saturated rings. The van der Waals surface area contributed by atoms with Gasteiger partial charge < -0.3 is 9.84 Å². The first-order valence-electron chi connectivity index (χ1n) is 9.35. The molecule has 2 aromatic rings. The Morgan fingerprint density at radius 2 is 2.08 bits per heavy atom. The summed E-state index contributed by atoms with van der Waals surface area (Å²) in [5.74, 6) is -0.137. The molecular formula is C22H27NO3. The molecule has 4 heteroatoms. The summed E-state index contributed by atoms with van der Waals surface area (Å²) in [7, 11) is 0. The maximum Gasteiger partial charge on any atom is 0.307 e. The van der Waals surface area contributed by atoms with Crippen LogP contribution in [-0.4, -0.2) is 35.7 Å². The fraction of sp³-hybridized carbons (Fsp3) is 0.409. The minimum Gasteiger partial charge on any atom is -0.494 e. The topological polar surface area (TPSA) is 49.8 Å². The highest BCUT2D eigenvalue weighted by molar-refractivity contribution is 5.70. The van der Waals surface area contributed by atoms with Gasteiger partial charge in [0.2, 0.25) is 0 Å². The van der Waals surface area contributed by atoms with Crippen LogP contribution in [0.15, 0.2) is 48.5 Å². The standard InChI is InChI=1S/C22H27NO3/c1-3-26-19-11-6-9-17(14-19)21(20-12-5-4-8-16(20)2)23-13-7-10-18(15-23)22(24)25/h4-6,8-9,11-12,14,18,21H,3,7,10,13,15H2,1-2H3,(H,24,25). The summed E-state index contributed by atoms with van der Waals surface area (Å²) >= 11 is 0. The van der Waals surface area contributed by atoms with Gasteiger partial charge in [0.25, 0.3) is 0 Å². The van der Waals surface area contributed by atoms with Crippen LogP contribution in [0.2, 0.25) is 0 Å². The molecule has 2 aromatic carbocycles. The van der Waals surface area contributed by atoms with E-state index in [9.17, 15) is 9.90 Å². The summed E-state index contributed by atoms with van der Waals surface area (Å²) < 4.78 is 5.70. The molecule has 138 valence electrons. The van der Waals surface area contributed by atoms with Crippen LogP contribution in [-0.2, 0) is 4.79 Å². The van der Waals surface area contributed by atoms with Crippen molar-refractivity contribution in [2.45, 2.75) is 32.7 Å². The number of likely N-dealkylation sites (tertiary alicyclic amines) is 1. The zero-order valence-electron chi connectivity index (χ0n) is 15.5. The fourth-order valence-corrected chi connectivity index (χ4v) is 3.86. The molecule has 0 aliphatic carbocycles. The molecule has 1 heterocycles. The third-order valence-electron chi connectivity index (χ3n) is 5.14. The summed E-state index contributed by atoms with van der Waals surface area (Å²) in [5.41, 5.74) is 3.60. The monoisotopic (exact) mass is 353 g/mol. The summed E-state index contributed by atoms with van der Waals surface area (Å²) in [6.07, 6.45) is 1.66. The second kappa shape index (κ2) is 8.37. The van der Waals surface area contributed by atoms with Gasteiger partial charge in [0.05, 0.1) is 18.6 Å². The van der Waals surface area contributed by atoms with E-state index in [0.29, 0.717) is 13.2 Å². The van der Waals surface area contributed by atoms with Crippen molar-refractivity contribution >= 4 is 5.97 Å².